The number of hydrogen-bond donors (Lipinski definition) is 0. The molecule has 1 fully saturated rings. The fraction of sp³-hybridized carbons (Fsp3) is 0.478. The van der Waals surface area contributed by atoms with Crippen LogP contribution in [0.2, 0.25) is 0 Å². The molecule has 3 rings (SSSR count). The van der Waals surface area contributed by atoms with Gasteiger partial charge in [-0.1, -0.05) is 59.7 Å². The van der Waals surface area contributed by atoms with Gasteiger partial charge in [-0.2, -0.15) is 0 Å². The van der Waals surface area contributed by atoms with Crippen molar-refractivity contribution in [1.82, 2.24) is 0 Å². The van der Waals surface area contributed by atoms with Crippen LogP contribution in [0.25, 0.3) is 0 Å². The lowest BCUT2D eigenvalue weighted by molar-refractivity contribution is 0.257. The summed E-state index contributed by atoms with van der Waals surface area (Å²) >= 11 is 0. The van der Waals surface area contributed by atoms with Gasteiger partial charge in [0, 0.05) is 5.56 Å². The number of rotatable bonds is 5. The molecule has 1 unspecified atom stereocenters. The van der Waals surface area contributed by atoms with Crippen molar-refractivity contribution >= 4 is 9.84 Å². The lowest BCUT2D eigenvalue weighted by Gasteiger charge is -2.26. The van der Waals surface area contributed by atoms with Crippen LogP contribution in [0.4, 0.5) is 0 Å². The van der Waals surface area contributed by atoms with Gasteiger partial charge in [-0.05, 0) is 40.7 Å². The first-order chi connectivity index (χ1) is 12.9. The molecule has 0 N–H and O–H groups in total. The molecule has 1 atom stereocenters. The van der Waals surface area contributed by atoms with Crippen LogP contribution in [0.5, 0.6) is 5.75 Å². The van der Waals surface area contributed by atoms with E-state index in [4.69, 9.17) is 9.47 Å². The molecule has 0 aliphatic carbocycles. The monoisotopic (exact) mass is 402 g/mol. The average Bonchev–Trinajstić information content (AvgIpc) is 3.42. The number of hydrogen-bond acceptors (Lipinski definition) is 4. The largest absolute Gasteiger partial charge is 0.490 e. The van der Waals surface area contributed by atoms with E-state index in [9.17, 15) is 8.42 Å². The summed E-state index contributed by atoms with van der Waals surface area (Å²) < 4.78 is 38.1. The van der Waals surface area contributed by atoms with E-state index in [1.165, 1.54) is 0 Å². The van der Waals surface area contributed by atoms with E-state index in [2.05, 4.69) is 20.8 Å². The summed E-state index contributed by atoms with van der Waals surface area (Å²) in [5.74, 6) is 0.607. The van der Waals surface area contributed by atoms with Crippen LogP contribution < -0.4 is 4.74 Å². The van der Waals surface area contributed by atoms with Gasteiger partial charge in [0.25, 0.3) is 0 Å². The zero-order valence-electron chi connectivity index (χ0n) is 17.6. The van der Waals surface area contributed by atoms with Gasteiger partial charge in [-0.3, -0.25) is 0 Å². The Labute approximate surface area is 168 Å². The van der Waals surface area contributed by atoms with E-state index in [1.807, 2.05) is 39.0 Å². The third-order valence-electron chi connectivity index (χ3n) is 4.89. The lowest BCUT2D eigenvalue weighted by Crippen LogP contribution is -2.20. The smallest absolute Gasteiger partial charge is 0.207 e. The van der Waals surface area contributed by atoms with Gasteiger partial charge >= 0.3 is 0 Å². The Morgan fingerprint density at radius 2 is 1.57 bits per heavy atom. The molecule has 152 valence electrons. The highest BCUT2D eigenvalue weighted by molar-refractivity contribution is 7.91. The molecule has 0 spiro atoms. The summed E-state index contributed by atoms with van der Waals surface area (Å²) in [6.07, 6.45) is 0.109. The van der Waals surface area contributed by atoms with Crippen molar-refractivity contribution in [3.05, 3.63) is 53.6 Å². The molecule has 0 amide bonds. The normalized spacial score (nSPS) is 17.4. The fourth-order valence-electron chi connectivity index (χ4n) is 3.20. The average molecular weight is 403 g/mol. The first-order valence-electron chi connectivity index (χ1n) is 9.64. The van der Waals surface area contributed by atoms with Crippen molar-refractivity contribution < 1.29 is 17.9 Å². The second-order valence-electron chi connectivity index (χ2n) is 9.42. The molecule has 1 heterocycles. The Balaban J connectivity index is 2.06. The maximum atomic E-state index is 13.5. The Kier molecular flexibility index (Phi) is 5.36. The minimum Gasteiger partial charge on any atom is -0.490 e. The van der Waals surface area contributed by atoms with Crippen molar-refractivity contribution in [2.24, 2.45) is 0 Å². The summed E-state index contributed by atoms with van der Waals surface area (Å²) in [5, 5.41) is 0. The molecule has 1 saturated heterocycles. The summed E-state index contributed by atoms with van der Waals surface area (Å²) in [7, 11) is -3.67. The third kappa shape index (κ3) is 4.41. The zero-order chi connectivity index (χ0) is 20.7. The Bertz CT molecular complexity index is 942. The molecule has 0 aromatic heterocycles. The van der Waals surface area contributed by atoms with Crippen molar-refractivity contribution in [3.8, 4) is 5.75 Å². The van der Waals surface area contributed by atoms with Gasteiger partial charge in [0.15, 0.2) is 0 Å². The first-order valence-corrected chi connectivity index (χ1v) is 11.1. The van der Waals surface area contributed by atoms with Crippen LogP contribution in [-0.4, -0.2) is 27.7 Å². The van der Waals surface area contributed by atoms with Gasteiger partial charge in [0.2, 0.25) is 9.84 Å². The Morgan fingerprint density at radius 1 is 0.964 bits per heavy atom. The van der Waals surface area contributed by atoms with E-state index < -0.39 is 15.3 Å². The fourth-order valence-corrected chi connectivity index (χ4v) is 4.88. The van der Waals surface area contributed by atoms with Crippen LogP contribution in [0.1, 0.15) is 52.7 Å². The van der Waals surface area contributed by atoms with Crippen LogP contribution in [0.3, 0.4) is 0 Å². The molecule has 28 heavy (non-hydrogen) atoms. The Morgan fingerprint density at radius 3 is 2.07 bits per heavy atom. The van der Waals surface area contributed by atoms with Crippen LogP contribution >= 0.6 is 0 Å². The quantitative estimate of drug-likeness (QED) is 0.668. The molecule has 5 heteroatoms. The first kappa shape index (κ1) is 20.9. The van der Waals surface area contributed by atoms with E-state index in [1.54, 1.807) is 24.3 Å². The second-order valence-corrected chi connectivity index (χ2v) is 11.3. The molecule has 1 aliphatic heterocycles. The van der Waals surface area contributed by atoms with E-state index in [0.717, 1.165) is 5.56 Å². The number of sulfone groups is 1. The van der Waals surface area contributed by atoms with Gasteiger partial charge in [-0.15, -0.1) is 0 Å². The van der Waals surface area contributed by atoms with Crippen molar-refractivity contribution in [2.45, 2.75) is 68.3 Å². The maximum Gasteiger partial charge on any atom is 0.207 e. The third-order valence-corrected chi connectivity index (χ3v) is 6.70. The van der Waals surface area contributed by atoms with Crippen molar-refractivity contribution in [3.63, 3.8) is 0 Å². The standard InChI is InChI=1S/C23H30O4S/c1-22(2,3)16-10-12-18(13-11-16)28(24,25)20-9-7-8-19(21(20)23(4,5)6)27-15-17-14-26-17/h7-13,17H,14-15H2,1-6H3. The highest BCUT2D eigenvalue weighted by Crippen LogP contribution is 2.39. The molecule has 2 aromatic rings. The molecule has 4 nitrogen and oxygen atoms in total. The summed E-state index contributed by atoms with van der Waals surface area (Å²) in [4.78, 5) is 0.603. The number of ether oxygens (including phenoxy) is 2. The van der Waals surface area contributed by atoms with Gasteiger partial charge in [0.1, 0.15) is 18.5 Å². The minimum atomic E-state index is -3.67. The minimum absolute atomic E-state index is 0.0303. The van der Waals surface area contributed by atoms with Crippen molar-refractivity contribution in [2.75, 3.05) is 13.2 Å². The highest BCUT2D eigenvalue weighted by atomic mass is 32.2. The number of benzene rings is 2. The summed E-state index contributed by atoms with van der Waals surface area (Å²) in [6, 6.07) is 12.5. The van der Waals surface area contributed by atoms with Gasteiger partial charge < -0.3 is 9.47 Å². The van der Waals surface area contributed by atoms with E-state index in [0.29, 0.717) is 34.3 Å². The summed E-state index contributed by atoms with van der Waals surface area (Å²) in [5.41, 5.74) is 1.38. The lowest BCUT2D eigenvalue weighted by atomic mass is 9.86. The SMILES string of the molecule is CC(C)(C)c1ccc(S(=O)(=O)c2cccc(OCC3CO3)c2C(C)(C)C)cc1. The van der Waals surface area contributed by atoms with Crippen LogP contribution in [0, 0.1) is 0 Å². The molecular formula is C23H30O4S. The molecule has 0 saturated carbocycles. The van der Waals surface area contributed by atoms with E-state index in [-0.39, 0.29) is 11.5 Å². The van der Waals surface area contributed by atoms with Crippen molar-refractivity contribution in [1.29, 1.82) is 0 Å². The van der Waals surface area contributed by atoms with Gasteiger partial charge in [0.05, 0.1) is 16.4 Å². The Hall–Kier alpha value is -1.85. The van der Waals surface area contributed by atoms with Crippen LogP contribution in [0.15, 0.2) is 52.3 Å². The molecular weight excluding hydrogens is 372 g/mol. The predicted octanol–water partition coefficient (Wildman–Crippen LogP) is 4.89. The molecule has 0 radical (unpaired) electrons. The maximum absolute atomic E-state index is 13.5. The highest BCUT2D eigenvalue weighted by Gasteiger charge is 2.32. The van der Waals surface area contributed by atoms with Crippen LogP contribution in [-0.2, 0) is 25.4 Å². The zero-order valence-corrected chi connectivity index (χ0v) is 18.4. The van der Waals surface area contributed by atoms with Gasteiger partial charge in [-0.25, -0.2) is 8.42 Å². The molecule has 0 bridgehead atoms. The topological polar surface area (TPSA) is 55.9 Å². The predicted molar refractivity (Wildman–Crippen MR) is 111 cm³/mol. The summed E-state index contributed by atoms with van der Waals surface area (Å²) in [6.45, 7) is 13.5. The molecule has 2 aromatic carbocycles. The number of epoxide rings is 1. The molecule has 1 aliphatic rings. The van der Waals surface area contributed by atoms with E-state index >= 15 is 0 Å². The second kappa shape index (κ2) is 7.20.